The van der Waals surface area contributed by atoms with Crippen LogP contribution in [0.2, 0.25) is 0 Å². The van der Waals surface area contributed by atoms with Crippen LogP contribution in [0.1, 0.15) is 52.4 Å². The van der Waals surface area contributed by atoms with E-state index in [1.807, 2.05) is 0 Å². The predicted molar refractivity (Wildman–Crippen MR) is 51.5 cm³/mol. The van der Waals surface area contributed by atoms with Crippen molar-refractivity contribution < 1.29 is 9.47 Å². The van der Waals surface area contributed by atoms with Gasteiger partial charge in [-0.3, -0.25) is 0 Å². The van der Waals surface area contributed by atoms with Crippen LogP contribution in [0, 0.1) is 0 Å². The quantitative estimate of drug-likeness (QED) is 0.576. The molecule has 2 heterocycles. The molecule has 1 spiro atoms. The Balaban J connectivity index is 2.00. The molecule has 0 aliphatic carbocycles. The molecule has 2 heteroatoms. The SMILES string of the molecule is C[C@H]1CCCC2(CCC[C@H](C)O2)O1. The van der Waals surface area contributed by atoms with Crippen molar-refractivity contribution >= 4 is 0 Å². The van der Waals surface area contributed by atoms with Crippen LogP contribution in [0.4, 0.5) is 0 Å². The molecule has 0 radical (unpaired) electrons. The van der Waals surface area contributed by atoms with E-state index in [4.69, 9.17) is 9.47 Å². The van der Waals surface area contributed by atoms with Gasteiger partial charge in [0.25, 0.3) is 0 Å². The minimum Gasteiger partial charge on any atom is -0.347 e. The van der Waals surface area contributed by atoms with Crippen LogP contribution in [-0.4, -0.2) is 18.0 Å². The van der Waals surface area contributed by atoms with E-state index in [-0.39, 0.29) is 5.79 Å². The second-order valence-corrected chi connectivity index (χ2v) is 4.55. The predicted octanol–water partition coefficient (Wildman–Crippen LogP) is 2.86. The van der Waals surface area contributed by atoms with Crippen LogP contribution < -0.4 is 0 Å². The molecule has 13 heavy (non-hydrogen) atoms. The number of rotatable bonds is 0. The first-order chi connectivity index (χ1) is 6.20. The molecule has 2 rings (SSSR count). The van der Waals surface area contributed by atoms with Crippen molar-refractivity contribution in [3.8, 4) is 0 Å². The van der Waals surface area contributed by atoms with Crippen molar-refractivity contribution in [3.63, 3.8) is 0 Å². The van der Waals surface area contributed by atoms with Crippen LogP contribution in [-0.2, 0) is 9.47 Å². The molecule has 2 saturated heterocycles. The Hall–Kier alpha value is -0.0800. The van der Waals surface area contributed by atoms with Crippen molar-refractivity contribution in [1.29, 1.82) is 0 Å². The van der Waals surface area contributed by atoms with Gasteiger partial charge in [-0.15, -0.1) is 0 Å². The average molecular weight is 184 g/mol. The fraction of sp³-hybridized carbons (Fsp3) is 1.00. The van der Waals surface area contributed by atoms with Gasteiger partial charge in [0.2, 0.25) is 0 Å². The third kappa shape index (κ3) is 2.05. The third-order valence-corrected chi connectivity index (χ3v) is 3.17. The summed E-state index contributed by atoms with van der Waals surface area (Å²) in [5.41, 5.74) is 0. The summed E-state index contributed by atoms with van der Waals surface area (Å²) in [5, 5.41) is 0. The molecular weight excluding hydrogens is 164 g/mol. The van der Waals surface area contributed by atoms with Crippen molar-refractivity contribution in [2.24, 2.45) is 0 Å². The molecule has 2 aliphatic rings. The standard InChI is InChI=1S/C11H20O2/c1-9-5-3-7-11(12-9)8-4-6-10(2)13-11/h9-10H,3-8H2,1-2H3/t9-,10-,11?/m0/s1. The second kappa shape index (κ2) is 3.58. The summed E-state index contributed by atoms with van der Waals surface area (Å²) in [6.45, 7) is 4.31. The van der Waals surface area contributed by atoms with E-state index in [0.29, 0.717) is 12.2 Å². The Kier molecular flexibility index (Phi) is 2.61. The van der Waals surface area contributed by atoms with E-state index in [0.717, 1.165) is 12.8 Å². The molecule has 76 valence electrons. The molecule has 0 bridgehead atoms. The summed E-state index contributed by atoms with van der Waals surface area (Å²) in [7, 11) is 0. The Morgan fingerprint density at radius 2 is 1.38 bits per heavy atom. The Bertz CT molecular complexity index is 159. The molecule has 0 unspecified atom stereocenters. The third-order valence-electron chi connectivity index (χ3n) is 3.17. The largest absolute Gasteiger partial charge is 0.347 e. The molecule has 0 amide bonds. The topological polar surface area (TPSA) is 18.5 Å². The van der Waals surface area contributed by atoms with Gasteiger partial charge < -0.3 is 9.47 Å². The van der Waals surface area contributed by atoms with Gasteiger partial charge in [-0.2, -0.15) is 0 Å². The van der Waals surface area contributed by atoms with Crippen LogP contribution in [0.25, 0.3) is 0 Å². The van der Waals surface area contributed by atoms with E-state index >= 15 is 0 Å². The highest BCUT2D eigenvalue weighted by atomic mass is 16.7. The number of hydrogen-bond donors (Lipinski definition) is 0. The first-order valence-electron chi connectivity index (χ1n) is 5.56. The lowest BCUT2D eigenvalue weighted by atomic mass is 9.93. The van der Waals surface area contributed by atoms with Gasteiger partial charge >= 0.3 is 0 Å². The van der Waals surface area contributed by atoms with E-state index in [1.54, 1.807) is 0 Å². The van der Waals surface area contributed by atoms with Gasteiger partial charge in [-0.1, -0.05) is 0 Å². The average Bonchev–Trinajstić information content (AvgIpc) is 2.02. The highest BCUT2D eigenvalue weighted by molar-refractivity contribution is 4.81. The summed E-state index contributed by atoms with van der Waals surface area (Å²) < 4.78 is 11.9. The Morgan fingerprint density at radius 1 is 0.923 bits per heavy atom. The highest BCUT2D eigenvalue weighted by Gasteiger charge is 2.40. The molecule has 0 saturated carbocycles. The minimum absolute atomic E-state index is 0.199. The Morgan fingerprint density at radius 3 is 1.77 bits per heavy atom. The second-order valence-electron chi connectivity index (χ2n) is 4.55. The fourth-order valence-electron chi connectivity index (χ4n) is 2.56. The highest BCUT2D eigenvalue weighted by Crippen LogP contribution is 2.38. The minimum atomic E-state index is -0.199. The zero-order chi connectivity index (χ0) is 9.31. The van der Waals surface area contributed by atoms with E-state index in [2.05, 4.69) is 13.8 Å². The van der Waals surface area contributed by atoms with Gasteiger partial charge in [-0.05, 0) is 39.5 Å². The zero-order valence-corrected chi connectivity index (χ0v) is 8.71. The molecule has 0 aromatic heterocycles. The monoisotopic (exact) mass is 184 g/mol. The smallest absolute Gasteiger partial charge is 0.168 e. The molecule has 0 aromatic rings. The number of ether oxygens (including phenoxy) is 2. The zero-order valence-electron chi connectivity index (χ0n) is 8.71. The van der Waals surface area contributed by atoms with Gasteiger partial charge in [0.1, 0.15) is 0 Å². The summed E-state index contributed by atoms with van der Waals surface area (Å²) in [4.78, 5) is 0. The lowest BCUT2D eigenvalue weighted by molar-refractivity contribution is -0.309. The van der Waals surface area contributed by atoms with E-state index in [1.165, 1.54) is 25.7 Å². The maximum absolute atomic E-state index is 5.96. The van der Waals surface area contributed by atoms with Crippen molar-refractivity contribution in [2.75, 3.05) is 0 Å². The van der Waals surface area contributed by atoms with Crippen molar-refractivity contribution in [2.45, 2.75) is 70.4 Å². The molecule has 2 aliphatic heterocycles. The van der Waals surface area contributed by atoms with Crippen molar-refractivity contribution in [1.82, 2.24) is 0 Å². The maximum Gasteiger partial charge on any atom is 0.168 e. The summed E-state index contributed by atoms with van der Waals surface area (Å²) in [6, 6.07) is 0. The molecule has 2 fully saturated rings. The van der Waals surface area contributed by atoms with Crippen LogP contribution >= 0.6 is 0 Å². The van der Waals surface area contributed by atoms with Gasteiger partial charge in [0.15, 0.2) is 5.79 Å². The van der Waals surface area contributed by atoms with Gasteiger partial charge in [-0.25, -0.2) is 0 Å². The molecule has 2 atom stereocenters. The summed E-state index contributed by atoms with van der Waals surface area (Å²) in [5.74, 6) is -0.199. The molecule has 2 nitrogen and oxygen atoms in total. The Labute approximate surface area is 80.6 Å². The molecular formula is C11H20O2. The first-order valence-corrected chi connectivity index (χ1v) is 5.56. The summed E-state index contributed by atoms with van der Waals surface area (Å²) >= 11 is 0. The lowest BCUT2D eigenvalue weighted by Gasteiger charge is -2.44. The van der Waals surface area contributed by atoms with Crippen LogP contribution in [0.3, 0.4) is 0 Å². The molecule has 0 aromatic carbocycles. The van der Waals surface area contributed by atoms with Crippen molar-refractivity contribution in [3.05, 3.63) is 0 Å². The van der Waals surface area contributed by atoms with Crippen LogP contribution in [0.15, 0.2) is 0 Å². The number of hydrogen-bond acceptors (Lipinski definition) is 2. The maximum atomic E-state index is 5.96. The fourth-order valence-corrected chi connectivity index (χ4v) is 2.56. The normalized spacial score (nSPS) is 39.2. The lowest BCUT2D eigenvalue weighted by Crippen LogP contribution is -2.46. The van der Waals surface area contributed by atoms with Crippen LogP contribution in [0.5, 0.6) is 0 Å². The summed E-state index contributed by atoms with van der Waals surface area (Å²) in [6.07, 6.45) is 7.88. The molecule has 0 N–H and O–H groups in total. The van der Waals surface area contributed by atoms with Gasteiger partial charge in [0.05, 0.1) is 12.2 Å². The van der Waals surface area contributed by atoms with E-state index < -0.39 is 0 Å². The van der Waals surface area contributed by atoms with Gasteiger partial charge in [0, 0.05) is 12.8 Å². The first kappa shape index (κ1) is 9.47. The van der Waals surface area contributed by atoms with E-state index in [9.17, 15) is 0 Å².